The molecule has 0 atom stereocenters. The van der Waals surface area contributed by atoms with Gasteiger partial charge < -0.3 is 15.6 Å². The van der Waals surface area contributed by atoms with Crippen molar-refractivity contribution >= 4 is 0 Å². The maximum absolute atomic E-state index is 10.1. The van der Waals surface area contributed by atoms with Crippen LogP contribution in [0.15, 0.2) is 24.3 Å². The molecule has 2 rings (SSSR count). The standard InChI is InChI=1S/C15H24N2O2/c1-2-19-14-5-3-13(4-6-14)11-17-9-7-15(18,12-16)8-10-17/h3-6,18H,2,7-12,16H2,1H3. The number of hydrogen-bond donors (Lipinski definition) is 2. The molecule has 4 heteroatoms. The summed E-state index contributed by atoms with van der Waals surface area (Å²) in [6.07, 6.45) is 1.53. The van der Waals surface area contributed by atoms with Crippen molar-refractivity contribution < 1.29 is 9.84 Å². The van der Waals surface area contributed by atoms with Gasteiger partial charge in [-0.2, -0.15) is 0 Å². The highest BCUT2D eigenvalue weighted by atomic mass is 16.5. The van der Waals surface area contributed by atoms with E-state index in [1.165, 1.54) is 5.56 Å². The number of rotatable bonds is 5. The molecule has 0 amide bonds. The maximum Gasteiger partial charge on any atom is 0.119 e. The molecule has 0 aliphatic carbocycles. The molecule has 1 aliphatic rings. The predicted molar refractivity (Wildman–Crippen MR) is 76.1 cm³/mol. The van der Waals surface area contributed by atoms with E-state index in [4.69, 9.17) is 10.5 Å². The minimum absolute atomic E-state index is 0.365. The van der Waals surface area contributed by atoms with E-state index in [2.05, 4.69) is 17.0 Å². The highest BCUT2D eigenvalue weighted by Crippen LogP contribution is 2.22. The largest absolute Gasteiger partial charge is 0.494 e. The van der Waals surface area contributed by atoms with E-state index in [1.807, 2.05) is 19.1 Å². The van der Waals surface area contributed by atoms with Gasteiger partial charge >= 0.3 is 0 Å². The molecule has 0 radical (unpaired) electrons. The summed E-state index contributed by atoms with van der Waals surface area (Å²) in [4.78, 5) is 2.36. The van der Waals surface area contributed by atoms with Gasteiger partial charge in [-0.1, -0.05) is 12.1 Å². The molecule has 0 spiro atoms. The van der Waals surface area contributed by atoms with Gasteiger partial charge in [-0.15, -0.1) is 0 Å². The van der Waals surface area contributed by atoms with Gasteiger partial charge in [0.1, 0.15) is 5.75 Å². The number of ether oxygens (including phenoxy) is 1. The molecule has 1 aromatic carbocycles. The molecular formula is C15H24N2O2. The van der Waals surface area contributed by atoms with E-state index in [1.54, 1.807) is 0 Å². The smallest absolute Gasteiger partial charge is 0.119 e. The molecule has 1 aromatic rings. The molecular weight excluding hydrogens is 240 g/mol. The fraction of sp³-hybridized carbons (Fsp3) is 0.600. The van der Waals surface area contributed by atoms with Gasteiger partial charge in [0.15, 0.2) is 0 Å². The van der Waals surface area contributed by atoms with E-state index in [-0.39, 0.29) is 0 Å². The highest BCUT2D eigenvalue weighted by molar-refractivity contribution is 5.27. The Kier molecular flexibility index (Phi) is 4.80. The number of piperidine rings is 1. The summed E-state index contributed by atoms with van der Waals surface area (Å²) in [5, 5.41) is 10.1. The topological polar surface area (TPSA) is 58.7 Å². The van der Waals surface area contributed by atoms with Crippen LogP contribution < -0.4 is 10.5 Å². The summed E-state index contributed by atoms with van der Waals surface area (Å²) in [7, 11) is 0. The summed E-state index contributed by atoms with van der Waals surface area (Å²) < 4.78 is 5.43. The Morgan fingerprint density at radius 2 is 1.89 bits per heavy atom. The Morgan fingerprint density at radius 3 is 2.42 bits per heavy atom. The Balaban J connectivity index is 1.85. The van der Waals surface area contributed by atoms with Gasteiger partial charge in [-0.25, -0.2) is 0 Å². The third-order valence-corrected chi connectivity index (χ3v) is 3.81. The van der Waals surface area contributed by atoms with Gasteiger partial charge in [0.2, 0.25) is 0 Å². The van der Waals surface area contributed by atoms with E-state index < -0.39 is 5.60 Å². The third-order valence-electron chi connectivity index (χ3n) is 3.81. The highest BCUT2D eigenvalue weighted by Gasteiger charge is 2.30. The van der Waals surface area contributed by atoms with E-state index in [0.29, 0.717) is 13.2 Å². The lowest BCUT2D eigenvalue weighted by atomic mass is 9.91. The number of likely N-dealkylation sites (tertiary alicyclic amines) is 1. The normalized spacial score (nSPS) is 19.3. The second-order valence-electron chi connectivity index (χ2n) is 5.28. The first-order valence-corrected chi connectivity index (χ1v) is 7.02. The zero-order chi connectivity index (χ0) is 13.7. The van der Waals surface area contributed by atoms with Gasteiger partial charge in [0.25, 0.3) is 0 Å². The molecule has 3 N–H and O–H groups in total. The van der Waals surface area contributed by atoms with Gasteiger partial charge in [0, 0.05) is 26.2 Å². The Labute approximate surface area is 115 Å². The van der Waals surface area contributed by atoms with Crippen molar-refractivity contribution in [3.8, 4) is 5.75 Å². The molecule has 1 heterocycles. The zero-order valence-corrected chi connectivity index (χ0v) is 11.6. The van der Waals surface area contributed by atoms with Crippen LogP contribution in [0.5, 0.6) is 5.75 Å². The Hall–Kier alpha value is -1.10. The fourth-order valence-corrected chi connectivity index (χ4v) is 2.45. The Bertz CT molecular complexity index is 384. The fourth-order valence-electron chi connectivity index (χ4n) is 2.45. The first-order chi connectivity index (χ1) is 9.15. The first kappa shape index (κ1) is 14.3. The lowest BCUT2D eigenvalue weighted by Crippen LogP contribution is -2.48. The lowest BCUT2D eigenvalue weighted by Gasteiger charge is -2.37. The van der Waals surface area contributed by atoms with Crippen molar-refractivity contribution in [3.05, 3.63) is 29.8 Å². The second kappa shape index (κ2) is 6.37. The minimum Gasteiger partial charge on any atom is -0.494 e. The van der Waals surface area contributed by atoms with Crippen molar-refractivity contribution in [2.45, 2.75) is 31.9 Å². The van der Waals surface area contributed by atoms with Crippen LogP contribution in [0.25, 0.3) is 0 Å². The van der Waals surface area contributed by atoms with Crippen molar-refractivity contribution in [1.29, 1.82) is 0 Å². The maximum atomic E-state index is 10.1. The number of nitrogens with two attached hydrogens (primary N) is 1. The van der Waals surface area contributed by atoms with Crippen LogP contribution in [0.3, 0.4) is 0 Å². The molecule has 19 heavy (non-hydrogen) atoms. The third kappa shape index (κ3) is 3.93. The molecule has 106 valence electrons. The monoisotopic (exact) mass is 264 g/mol. The van der Waals surface area contributed by atoms with Crippen LogP contribution in [0.2, 0.25) is 0 Å². The van der Waals surface area contributed by atoms with Crippen molar-refractivity contribution in [3.63, 3.8) is 0 Å². The van der Waals surface area contributed by atoms with Crippen molar-refractivity contribution in [2.24, 2.45) is 5.73 Å². The summed E-state index contributed by atoms with van der Waals surface area (Å²) in [5.74, 6) is 0.919. The van der Waals surface area contributed by atoms with Crippen molar-refractivity contribution in [2.75, 3.05) is 26.2 Å². The lowest BCUT2D eigenvalue weighted by molar-refractivity contribution is -0.0153. The summed E-state index contributed by atoms with van der Waals surface area (Å²) in [5.41, 5.74) is 6.23. The van der Waals surface area contributed by atoms with Crippen LogP contribution >= 0.6 is 0 Å². The number of aliphatic hydroxyl groups is 1. The summed E-state index contributed by atoms with van der Waals surface area (Å²) >= 11 is 0. The molecule has 1 saturated heterocycles. The van der Waals surface area contributed by atoms with E-state index in [9.17, 15) is 5.11 Å². The van der Waals surface area contributed by atoms with E-state index in [0.717, 1.165) is 38.2 Å². The molecule has 0 saturated carbocycles. The number of benzene rings is 1. The minimum atomic E-state index is -0.644. The van der Waals surface area contributed by atoms with Crippen LogP contribution in [0.4, 0.5) is 0 Å². The summed E-state index contributed by atoms with van der Waals surface area (Å²) in [6, 6.07) is 8.24. The number of hydrogen-bond acceptors (Lipinski definition) is 4. The van der Waals surface area contributed by atoms with Crippen LogP contribution in [-0.2, 0) is 6.54 Å². The quantitative estimate of drug-likeness (QED) is 0.843. The van der Waals surface area contributed by atoms with Gasteiger partial charge in [0.05, 0.1) is 12.2 Å². The molecule has 0 aromatic heterocycles. The first-order valence-electron chi connectivity index (χ1n) is 7.02. The van der Waals surface area contributed by atoms with Crippen LogP contribution in [-0.4, -0.2) is 41.8 Å². The predicted octanol–water partition coefficient (Wildman–Crippen LogP) is 1.37. The molecule has 4 nitrogen and oxygen atoms in total. The molecule has 1 fully saturated rings. The zero-order valence-electron chi connectivity index (χ0n) is 11.6. The van der Waals surface area contributed by atoms with Gasteiger partial charge in [-0.3, -0.25) is 4.90 Å². The summed E-state index contributed by atoms with van der Waals surface area (Å²) in [6.45, 7) is 5.78. The van der Waals surface area contributed by atoms with Crippen LogP contribution in [0, 0.1) is 0 Å². The molecule has 0 unspecified atom stereocenters. The molecule has 1 aliphatic heterocycles. The van der Waals surface area contributed by atoms with Crippen LogP contribution in [0.1, 0.15) is 25.3 Å². The van der Waals surface area contributed by atoms with Crippen molar-refractivity contribution in [1.82, 2.24) is 4.90 Å². The average molecular weight is 264 g/mol. The molecule has 0 bridgehead atoms. The Morgan fingerprint density at radius 1 is 1.26 bits per heavy atom. The average Bonchev–Trinajstić information content (AvgIpc) is 2.44. The SMILES string of the molecule is CCOc1ccc(CN2CCC(O)(CN)CC2)cc1. The van der Waals surface area contributed by atoms with E-state index >= 15 is 0 Å². The second-order valence-corrected chi connectivity index (χ2v) is 5.28. The van der Waals surface area contributed by atoms with Gasteiger partial charge in [-0.05, 0) is 37.5 Å². The number of nitrogens with zero attached hydrogens (tertiary/aromatic N) is 1.